The molecule has 172 valence electrons. The summed E-state index contributed by atoms with van der Waals surface area (Å²) in [5.74, 6) is 1.01. The van der Waals surface area contributed by atoms with Crippen molar-refractivity contribution in [1.29, 1.82) is 0 Å². The molecular formula is C24H18BrClN4O4. The van der Waals surface area contributed by atoms with Crippen LogP contribution in [0, 0.1) is 10.1 Å². The van der Waals surface area contributed by atoms with E-state index in [1.54, 1.807) is 42.5 Å². The second-order valence-corrected chi connectivity index (χ2v) is 8.63. The van der Waals surface area contributed by atoms with Gasteiger partial charge in [-0.2, -0.15) is 9.78 Å². The van der Waals surface area contributed by atoms with Crippen LogP contribution in [-0.4, -0.2) is 20.8 Å². The van der Waals surface area contributed by atoms with Gasteiger partial charge in [0.15, 0.2) is 0 Å². The topological polar surface area (TPSA) is 99.6 Å². The van der Waals surface area contributed by atoms with E-state index in [2.05, 4.69) is 26.0 Å². The molecule has 34 heavy (non-hydrogen) atoms. The molecule has 0 aliphatic rings. The number of non-ortho nitro benzene ring substituents is 1. The van der Waals surface area contributed by atoms with Crippen LogP contribution in [0.3, 0.4) is 0 Å². The third-order valence-corrected chi connectivity index (χ3v) is 5.80. The molecule has 0 radical (unpaired) electrons. The lowest BCUT2D eigenvalue weighted by Gasteiger charge is -2.09. The van der Waals surface area contributed by atoms with E-state index in [0.29, 0.717) is 39.5 Å². The second-order valence-electron chi connectivity index (χ2n) is 7.31. The highest BCUT2D eigenvalue weighted by Gasteiger charge is 2.10. The van der Waals surface area contributed by atoms with Gasteiger partial charge in [0, 0.05) is 23.0 Å². The van der Waals surface area contributed by atoms with Crippen LogP contribution in [0.5, 0.6) is 5.75 Å². The first-order valence-corrected chi connectivity index (χ1v) is 11.4. The van der Waals surface area contributed by atoms with Crippen LogP contribution in [0.4, 0.5) is 5.69 Å². The number of halogens is 2. The van der Waals surface area contributed by atoms with Crippen molar-refractivity contribution in [2.45, 2.75) is 20.0 Å². The molecule has 0 unspecified atom stereocenters. The minimum Gasteiger partial charge on any atom is -0.487 e. The third kappa shape index (κ3) is 5.16. The first-order chi connectivity index (χ1) is 16.4. The Balaban J connectivity index is 1.54. The Morgan fingerprint density at radius 3 is 2.62 bits per heavy atom. The summed E-state index contributed by atoms with van der Waals surface area (Å²) in [7, 11) is 0. The number of nitrogens with zero attached hydrogens (tertiary/aromatic N) is 4. The SMILES string of the molecule is CCc1nc2ccc(Br)cc2c(=O)n1N=Cc1ccc(OCc2ccc([N+](=O)[O-])cc2)c(Cl)c1. The second kappa shape index (κ2) is 10.1. The van der Waals surface area contributed by atoms with E-state index in [4.69, 9.17) is 16.3 Å². The van der Waals surface area contributed by atoms with Crippen LogP contribution in [0.15, 0.2) is 75.0 Å². The molecule has 3 aromatic carbocycles. The number of hydrogen-bond donors (Lipinski definition) is 0. The van der Waals surface area contributed by atoms with Gasteiger partial charge in [0.25, 0.3) is 11.2 Å². The molecule has 0 saturated carbocycles. The maximum Gasteiger partial charge on any atom is 0.282 e. The summed E-state index contributed by atoms with van der Waals surface area (Å²) in [4.78, 5) is 27.8. The molecule has 0 aliphatic heterocycles. The number of rotatable bonds is 7. The van der Waals surface area contributed by atoms with Gasteiger partial charge < -0.3 is 4.74 Å². The number of aromatic nitrogens is 2. The van der Waals surface area contributed by atoms with Gasteiger partial charge in [-0.05, 0) is 59.7 Å². The molecule has 0 spiro atoms. The zero-order valence-electron chi connectivity index (χ0n) is 17.9. The van der Waals surface area contributed by atoms with E-state index >= 15 is 0 Å². The van der Waals surface area contributed by atoms with Crippen molar-refractivity contribution in [1.82, 2.24) is 9.66 Å². The molecule has 4 rings (SSSR count). The van der Waals surface area contributed by atoms with Gasteiger partial charge in [-0.25, -0.2) is 4.98 Å². The highest BCUT2D eigenvalue weighted by atomic mass is 79.9. The molecule has 8 nitrogen and oxygen atoms in total. The Hall–Kier alpha value is -3.56. The van der Waals surface area contributed by atoms with Gasteiger partial charge in [0.2, 0.25) is 0 Å². The zero-order chi connectivity index (χ0) is 24.2. The van der Waals surface area contributed by atoms with Crippen LogP contribution in [-0.2, 0) is 13.0 Å². The predicted molar refractivity (Wildman–Crippen MR) is 135 cm³/mol. The fourth-order valence-corrected chi connectivity index (χ4v) is 3.86. The summed E-state index contributed by atoms with van der Waals surface area (Å²) in [5, 5.41) is 16.0. The van der Waals surface area contributed by atoms with Gasteiger partial charge in [-0.15, -0.1) is 0 Å². The number of nitro groups is 1. The number of hydrogen-bond acceptors (Lipinski definition) is 6. The molecule has 10 heteroatoms. The fourth-order valence-electron chi connectivity index (χ4n) is 3.26. The summed E-state index contributed by atoms with van der Waals surface area (Å²) >= 11 is 9.75. The monoisotopic (exact) mass is 540 g/mol. The molecule has 0 aliphatic carbocycles. The highest BCUT2D eigenvalue weighted by Crippen LogP contribution is 2.26. The Kier molecular flexibility index (Phi) is 7.04. The molecule has 0 atom stereocenters. The summed E-state index contributed by atoms with van der Waals surface area (Å²) in [6.45, 7) is 2.12. The standard InChI is InChI=1S/C24H18BrClN4O4/c1-2-23-28-21-9-6-17(25)12-19(21)24(31)29(23)27-13-16-5-10-22(20(26)11-16)34-14-15-3-7-18(8-4-15)30(32)33/h3-13H,2,14H2,1H3. The number of aryl methyl sites for hydroxylation is 1. The van der Waals surface area contributed by atoms with Crippen LogP contribution in [0.1, 0.15) is 23.9 Å². The summed E-state index contributed by atoms with van der Waals surface area (Å²) in [6.07, 6.45) is 2.08. The largest absolute Gasteiger partial charge is 0.487 e. The quantitative estimate of drug-likeness (QED) is 0.169. The molecule has 0 amide bonds. The number of ether oxygens (including phenoxy) is 1. The van der Waals surface area contributed by atoms with Crippen molar-refractivity contribution in [2.24, 2.45) is 5.10 Å². The van der Waals surface area contributed by atoms with Gasteiger partial charge in [-0.1, -0.05) is 34.5 Å². The lowest BCUT2D eigenvalue weighted by atomic mass is 10.2. The number of nitro benzene ring substituents is 1. The highest BCUT2D eigenvalue weighted by molar-refractivity contribution is 9.10. The number of fused-ring (bicyclic) bond motifs is 1. The van der Waals surface area contributed by atoms with E-state index in [1.807, 2.05) is 13.0 Å². The Morgan fingerprint density at radius 2 is 1.94 bits per heavy atom. The molecule has 4 aromatic rings. The van der Waals surface area contributed by atoms with E-state index in [-0.39, 0.29) is 17.9 Å². The average Bonchev–Trinajstić information content (AvgIpc) is 2.83. The summed E-state index contributed by atoms with van der Waals surface area (Å²) in [6, 6.07) is 16.6. The summed E-state index contributed by atoms with van der Waals surface area (Å²) < 4.78 is 7.82. The first kappa shape index (κ1) is 23.6. The lowest BCUT2D eigenvalue weighted by molar-refractivity contribution is -0.384. The fraction of sp³-hybridized carbons (Fsp3) is 0.125. The van der Waals surface area contributed by atoms with Gasteiger partial charge >= 0.3 is 0 Å². The predicted octanol–water partition coefficient (Wildman–Crippen LogP) is 5.74. The molecule has 0 fully saturated rings. The zero-order valence-corrected chi connectivity index (χ0v) is 20.3. The molecule has 1 aromatic heterocycles. The number of benzene rings is 3. The maximum absolute atomic E-state index is 13.0. The van der Waals surface area contributed by atoms with Gasteiger partial charge in [0.1, 0.15) is 18.2 Å². The third-order valence-electron chi connectivity index (χ3n) is 5.01. The van der Waals surface area contributed by atoms with Crippen LogP contribution < -0.4 is 10.3 Å². The Bertz CT molecular complexity index is 1470. The van der Waals surface area contributed by atoms with E-state index in [9.17, 15) is 14.9 Å². The van der Waals surface area contributed by atoms with Gasteiger partial charge in [-0.3, -0.25) is 14.9 Å². The van der Waals surface area contributed by atoms with Crippen molar-refractivity contribution in [3.8, 4) is 5.75 Å². The van der Waals surface area contributed by atoms with Crippen molar-refractivity contribution in [3.05, 3.63) is 108 Å². The minimum atomic E-state index is -0.452. The Labute approximate surface area is 207 Å². The van der Waals surface area contributed by atoms with Crippen LogP contribution >= 0.6 is 27.5 Å². The molecule has 1 heterocycles. The summed E-state index contributed by atoms with van der Waals surface area (Å²) in [5.41, 5.74) is 1.83. The van der Waals surface area contributed by atoms with Crippen LogP contribution in [0.25, 0.3) is 10.9 Å². The van der Waals surface area contributed by atoms with E-state index < -0.39 is 4.92 Å². The van der Waals surface area contributed by atoms with E-state index in [1.165, 1.54) is 23.0 Å². The van der Waals surface area contributed by atoms with Crippen LogP contribution in [0.2, 0.25) is 5.02 Å². The maximum atomic E-state index is 13.0. The lowest BCUT2D eigenvalue weighted by Crippen LogP contribution is -2.22. The molecule has 0 N–H and O–H groups in total. The van der Waals surface area contributed by atoms with Crippen molar-refractivity contribution >= 4 is 50.3 Å². The average molecular weight is 542 g/mol. The van der Waals surface area contributed by atoms with E-state index in [0.717, 1.165) is 10.0 Å². The van der Waals surface area contributed by atoms with Crippen molar-refractivity contribution in [3.63, 3.8) is 0 Å². The molecular weight excluding hydrogens is 524 g/mol. The Morgan fingerprint density at radius 1 is 1.18 bits per heavy atom. The molecule has 0 bridgehead atoms. The first-order valence-electron chi connectivity index (χ1n) is 10.3. The van der Waals surface area contributed by atoms with Crippen molar-refractivity contribution in [2.75, 3.05) is 0 Å². The minimum absolute atomic E-state index is 0.0185. The smallest absolute Gasteiger partial charge is 0.282 e. The normalized spacial score (nSPS) is 11.3. The molecule has 0 saturated heterocycles. The van der Waals surface area contributed by atoms with Gasteiger partial charge in [0.05, 0.1) is 27.1 Å². The van der Waals surface area contributed by atoms with Crippen molar-refractivity contribution < 1.29 is 9.66 Å².